The number of nitrogens with one attached hydrogen (secondary N) is 1. The maximum Gasteiger partial charge on any atom is 0.280 e. The Hall–Kier alpha value is -4.47. The molecule has 0 spiro atoms. The predicted molar refractivity (Wildman–Crippen MR) is 142 cm³/mol. The number of aliphatic imine (C=N–C) groups is 1. The zero-order valence-corrected chi connectivity index (χ0v) is 20.3. The Kier molecular flexibility index (Phi) is 8.93. The summed E-state index contributed by atoms with van der Waals surface area (Å²) in [4.78, 5) is 35.4. The molecule has 36 heavy (non-hydrogen) atoms. The second kappa shape index (κ2) is 12.3. The summed E-state index contributed by atoms with van der Waals surface area (Å²) in [6.07, 6.45) is 3.66. The third-order valence-corrected chi connectivity index (χ3v) is 5.65. The van der Waals surface area contributed by atoms with Crippen LogP contribution in [-0.2, 0) is 17.6 Å². The van der Waals surface area contributed by atoms with Crippen molar-refractivity contribution >= 4 is 29.4 Å². The zero-order chi connectivity index (χ0) is 26.1. The number of carbonyl (C=O) groups is 2. The van der Waals surface area contributed by atoms with Crippen LogP contribution in [0.1, 0.15) is 46.6 Å². The van der Waals surface area contributed by atoms with Crippen LogP contribution < -0.4 is 28.3 Å². The van der Waals surface area contributed by atoms with Gasteiger partial charge in [0.2, 0.25) is 5.91 Å². The predicted octanol–water partition coefficient (Wildman–Crippen LogP) is 2.10. The molecule has 188 valence electrons. The van der Waals surface area contributed by atoms with Crippen molar-refractivity contribution in [1.29, 1.82) is 0 Å². The summed E-state index contributed by atoms with van der Waals surface area (Å²) in [6, 6.07) is 16.6. The van der Waals surface area contributed by atoms with E-state index in [0.29, 0.717) is 25.1 Å². The average molecular weight is 489 g/mol. The molecule has 2 aromatic carbocycles. The standard InChI is InChI=1S/C26H32N8O2/c1-16-23(28)33-24(29)22(32-16)25(36)34-26(30)31-15-3-2-4-17-5-10-19(11-6-17)20-12-7-18(8-13-20)9-14-21(27)35/h5-8,10-13H,2-4,9,14-15H2,1H3,(H2,27,35)(H4,28,29,33)(H3,30,31,34,36). The molecule has 0 radical (unpaired) electrons. The molecule has 3 rings (SSSR count). The average Bonchev–Trinajstić information content (AvgIpc) is 2.85. The van der Waals surface area contributed by atoms with Crippen molar-refractivity contribution in [2.45, 2.75) is 39.0 Å². The summed E-state index contributed by atoms with van der Waals surface area (Å²) in [6.45, 7) is 2.12. The number of aryl methyl sites for hydroxylation is 3. The number of anilines is 2. The van der Waals surface area contributed by atoms with Gasteiger partial charge in [-0.15, -0.1) is 0 Å². The number of carbonyl (C=O) groups excluding carboxylic acids is 2. The molecule has 0 aliphatic rings. The molecule has 1 aromatic heterocycles. The number of nitrogens with two attached hydrogens (primary N) is 4. The summed E-state index contributed by atoms with van der Waals surface area (Å²) < 4.78 is 0. The lowest BCUT2D eigenvalue weighted by molar-refractivity contribution is -0.117. The van der Waals surface area contributed by atoms with Crippen LogP contribution in [-0.4, -0.2) is 34.3 Å². The van der Waals surface area contributed by atoms with Gasteiger partial charge in [0, 0.05) is 13.0 Å². The van der Waals surface area contributed by atoms with Crippen LogP contribution in [0.15, 0.2) is 53.5 Å². The van der Waals surface area contributed by atoms with E-state index in [-0.39, 0.29) is 29.2 Å². The Labute approximate surface area is 210 Å². The molecule has 2 amide bonds. The molecule has 0 aliphatic carbocycles. The highest BCUT2D eigenvalue weighted by Gasteiger charge is 2.15. The van der Waals surface area contributed by atoms with Gasteiger partial charge in [0.05, 0.1) is 5.69 Å². The lowest BCUT2D eigenvalue weighted by Crippen LogP contribution is -2.38. The first-order valence-electron chi connectivity index (χ1n) is 11.7. The Bertz CT molecular complexity index is 1240. The minimum Gasteiger partial charge on any atom is -0.382 e. The highest BCUT2D eigenvalue weighted by atomic mass is 16.2. The van der Waals surface area contributed by atoms with E-state index < -0.39 is 5.91 Å². The van der Waals surface area contributed by atoms with Crippen molar-refractivity contribution in [2.24, 2.45) is 16.5 Å². The van der Waals surface area contributed by atoms with Crippen molar-refractivity contribution in [2.75, 3.05) is 18.0 Å². The lowest BCUT2D eigenvalue weighted by atomic mass is 9.99. The van der Waals surface area contributed by atoms with Crippen LogP contribution >= 0.6 is 0 Å². The number of primary amides is 1. The monoisotopic (exact) mass is 488 g/mol. The number of nitrogen functional groups attached to an aromatic ring is 2. The summed E-state index contributed by atoms with van der Waals surface area (Å²) in [7, 11) is 0. The van der Waals surface area contributed by atoms with Gasteiger partial charge in [-0.25, -0.2) is 9.97 Å². The number of amides is 2. The third kappa shape index (κ3) is 7.52. The molecule has 0 unspecified atom stereocenters. The summed E-state index contributed by atoms with van der Waals surface area (Å²) in [5, 5.41) is 2.47. The second-order valence-electron chi connectivity index (χ2n) is 8.47. The molecule has 10 nitrogen and oxygen atoms in total. The Morgan fingerprint density at radius 2 is 1.42 bits per heavy atom. The molecular formula is C26H32N8O2. The second-order valence-corrected chi connectivity index (χ2v) is 8.47. The largest absolute Gasteiger partial charge is 0.382 e. The van der Waals surface area contributed by atoms with E-state index in [9.17, 15) is 9.59 Å². The Morgan fingerprint density at radius 3 is 2.00 bits per heavy atom. The van der Waals surface area contributed by atoms with Gasteiger partial charge >= 0.3 is 0 Å². The maximum absolute atomic E-state index is 12.3. The molecular weight excluding hydrogens is 456 g/mol. The molecule has 1 heterocycles. The van der Waals surface area contributed by atoms with Crippen LogP contribution in [0.2, 0.25) is 0 Å². The van der Waals surface area contributed by atoms with Gasteiger partial charge in [-0.3, -0.25) is 19.9 Å². The molecule has 9 N–H and O–H groups in total. The first-order valence-corrected chi connectivity index (χ1v) is 11.7. The number of hydrogen-bond donors (Lipinski definition) is 5. The number of aromatic nitrogens is 2. The minimum absolute atomic E-state index is 0.000626. The summed E-state index contributed by atoms with van der Waals surface area (Å²) in [5.74, 6) is -0.758. The fourth-order valence-electron chi connectivity index (χ4n) is 3.56. The van der Waals surface area contributed by atoms with Crippen LogP contribution in [0.25, 0.3) is 11.1 Å². The first-order chi connectivity index (χ1) is 17.2. The Morgan fingerprint density at radius 1 is 0.833 bits per heavy atom. The van der Waals surface area contributed by atoms with E-state index in [1.165, 1.54) is 5.56 Å². The highest BCUT2D eigenvalue weighted by Crippen LogP contribution is 2.21. The molecule has 0 aliphatic heterocycles. The number of benzene rings is 2. The van der Waals surface area contributed by atoms with Gasteiger partial charge < -0.3 is 22.9 Å². The van der Waals surface area contributed by atoms with Gasteiger partial charge in [-0.1, -0.05) is 48.5 Å². The summed E-state index contributed by atoms with van der Waals surface area (Å²) in [5.41, 5.74) is 27.3. The number of rotatable bonds is 10. The normalized spacial score (nSPS) is 11.3. The topological polar surface area (TPSA) is 188 Å². The number of guanidine groups is 1. The Balaban J connectivity index is 1.42. The van der Waals surface area contributed by atoms with E-state index in [1.807, 2.05) is 12.1 Å². The molecule has 10 heteroatoms. The third-order valence-electron chi connectivity index (χ3n) is 5.65. The van der Waals surface area contributed by atoms with Gasteiger partial charge in [0.15, 0.2) is 17.5 Å². The quantitative estimate of drug-likeness (QED) is 0.164. The van der Waals surface area contributed by atoms with E-state index in [4.69, 9.17) is 22.9 Å². The van der Waals surface area contributed by atoms with Crippen molar-refractivity contribution in [1.82, 2.24) is 15.3 Å². The molecule has 0 saturated heterocycles. The van der Waals surface area contributed by atoms with E-state index in [2.05, 4.69) is 56.7 Å². The number of nitrogens with zero attached hydrogens (tertiary/aromatic N) is 3. The fourth-order valence-corrected chi connectivity index (χ4v) is 3.56. The van der Waals surface area contributed by atoms with Crippen LogP contribution in [0.5, 0.6) is 0 Å². The van der Waals surface area contributed by atoms with Gasteiger partial charge in [0.1, 0.15) is 5.82 Å². The minimum atomic E-state index is -0.579. The maximum atomic E-state index is 12.3. The molecule has 0 fully saturated rings. The van der Waals surface area contributed by atoms with E-state index in [0.717, 1.165) is 36.0 Å². The van der Waals surface area contributed by atoms with Crippen molar-refractivity contribution in [3.63, 3.8) is 0 Å². The molecule has 3 aromatic rings. The summed E-state index contributed by atoms with van der Waals surface area (Å²) >= 11 is 0. The van der Waals surface area contributed by atoms with Crippen molar-refractivity contribution in [3.05, 3.63) is 71.0 Å². The van der Waals surface area contributed by atoms with Gasteiger partial charge in [-0.05, 0) is 54.9 Å². The van der Waals surface area contributed by atoms with Crippen LogP contribution in [0.3, 0.4) is 0 Å². The smallest absolute Gasteiger partial charge is 0.280 e. The molecule has 0 bridgehead atoms. The SMILES string of the molecule is Cc1nc(C(=O)NC(N)=NCCCCc2ccc(-c3ccc(CCC(N)=O)cc3)cc2)c(N)nc1N. The van der Waals surface area contributed by atoms with E-state index >= 15 is 0 Å². The van der Waals surface area contributed by atoms with Crippen LogP contribution in [0.4, 0.5) is 11.6 Å². The van der Waals surface area contributed by atoms with Crippen molar-refractivity contribution < 1.29 is 9.59 Å². The van der Waals surface area contributed by atoms with E-state index in [1.54, 1.807) is 6.92 Å². The molecule has 0 saturated carbocycles. The van der Waals surface area contributed by atoms with Crippen molar-refractivity contribution in [3.8, 4) is 11.1 Å². The van der Waals surface area contributed by atoms with Crippen LogP contribution in [0, 0.1) is 6.92 Å². The van der Waals surface area contributed by atoms with Gasteiger partial charge in [-0.2, -0.15) is 0 Å². The highest BCUT2D eigenvalue weighted by molar-refractivity contribution is 6.06. The first kappa shape index (κ1) is 26.1. The number of hydrogen-bond acceptors (Lipinski definition) is 7. The number of unbranched alkanes of at least 4 members (excludes halogenated alkanes) is 1. The zero-order valence-electron chi connectivity index (χ0n) is 20.3. The van der Waals surface area contributed by atoms with Gasteiger partial charge in [0.25, 0.3) is 5.91 Å². The molecule has 0 atom stereocenters. The fraction of sp³-hybridized carbons (Fsp3) is 0.269. The lowest BCUT2D eigenvalue weighted by Gasteiger charge is -2.08.